The van der Waals surface area contributed by atoms with Crippen molar-refractivity contribution in [2.45, 2.75) is 24.3 Å². The molecule has 3 rings (SSSR count). The minimum Gasteiger partial charge on any atom is -0.492 e. The summed E-state index contributed by atoms with van der Waals surface area (Å²) in [4.78, 5) is 12.5. The molecule has 1 unspecified atom stereocenters. The van der Waals surface area contributed by atoms with Gasteiger partial charge in [0.15, 0.2) is 0 Å². The molecule has 26 heavy (non-hydrogen) atoms. The fourth-order valence-corrected chi connectivity index (χ4v) is 2.93. The Morgan fingerprint density at radius 3 is 2.65 bits per heavy atom. The van der Waals surface area contributed by atoms with Gasteiger partial charge in [0.1, 0.15) is 5.75 Å². The molecule has 0 radical (unpaired) electrons. The van der Waals surface area contributed by atoms with Crippen molar-refractivity contribution < 1.29 is 13.9 Å². The third kappa shape index (κ3) is 4.43. The number of amides is 1. The SMILES string of the molecule is CCOc1ccccc1NC(=O)C(C)Sc1nnc(-c2ccccc2)o1. The summed E-state index contributed by atoms with van der Waals surface area (Å²) in [5.41, 5.74) is 1.48. The second-order valence-corrected chi connectivity index (χ2v) is 6.71. The van der Waals surface area contributed by atoms with Gasteiger partial charge >= 0.3 is 0 Å². The maximum Gasteiger partial charge on any atom is 0.277 e. The highest BCUT2D eigenvalue weighted by Gasteiger charge is 2.20. The lowest BCUT2D eigenvalue weighted by Crippen LogP contribution is -2.22. The minimum absolute atomic E-state index is 0.165. The lowest BCUT2D eigenvalue weighted by atomic mass is 10.2. The summed E-state index contributed by atoms with van der Waals surface area (Å²) in [5.74, 6) is 0.911. The van der Waals surface area contributed by atoms with Gasteiger partial charge in [-0.1, -0.05) is 42.1 Å². The van der Waals surface area contributed by atoms with Gasteiger partial charge in [-0.15, -0.1) is 10.2 Å². The zero-order chi connectivity index (χ0) is 18.4. The number of nitrogens with one attached hydrogen (secondary N) is 1. The molecule has 0 aliphatic carbocycles. The third-order valence-electron chi connectivity index (χ3n) is 3.52. The first-order valence-electron chi connectivity index (χ1n) is 8.25. The molecule has 0 saturated carbocycles. The number of thioether (sulfide) groups is 1. The van der Waals surface area contributed by atoms with Gasteiger partial charge in [-0.2, -0.15) is 0 Å². The Labute approximate surface area is 156 Å². The van der Waals surface area contributed by atoms with Crippen LogP contribution in [0, 0.1) is 0 Å². The maximum absolute atomic E-state index is 12.5. The van der Waals surface area contributed by atoms with Gasteiger partial charge in [0.05, 0.1) is 17.5 Å². The Morgan fingerprint density at radius 1 is 1.15 bits per heavy atom. The molecule has 1 atom stereocenters. The van der Waals surface area contributed by atoms with E-state index in [1.165, 1.54) is 11.8 Å². The Kier molecular flexibility index (Phi) is 5.91. The number of nitrogens with zero attached hydrogens (tertiary/aromatic N) is 2. The van der Waals surface area contributed by atoms with Crippen molar-refractivity contribution in [2.24, 2.45) is 0 Å². The zero-order valence-corrected chi connectivity index (χ0v) is 15.3. The van der Waals surface area contributed by atoms with Crippen LogP contribution in [0.5, 0.6) is 5.75 Å². The van der Waals surface area contributed by atoms with E-state index in [0.717, 1.165) is 5.56 Å². The van der Waals surface area contributed by atoms with Crippen molar-refractivity contribution in [3.05, 3.63) is 54.6 Å². The van der Waals surface area contributed by atoms with Crippen molar-refractivity contribution >= 4 is 23.4 Å². The number of hydrogen-bond donors (Lipinski definition) is 1. The molecular formula is C19H19N3O3S. The van der Waals surface area contributed by atoms with Crippen LogP contribution in [0.25, 0.3) is 11.5 Å². The number of ether oxygens (including phenoxy) is 1. The first-order chi connectivity index (χ1) is 12.7. The normalized spacial score (nSPS) is 11.8. The lowest BCUT2D eigenvalue weighted by Gasteiger charge is -2.13. The summed E-state index contributed by atoms with van der Waals surface area (Å²) in [6, 6.07) is 16.8. The molecule has 1 amide bonds. The van der Waals surface area contributed by atoms with E-state index in [1.54, 1.807) is 13.0 Å². The molecule has 1 N–H and O–H groups in total. The summed E-state index contributed by atoms with van der Waals surface area (Å²) in [5, 5.41) is 10.9. The topological polar surface area (TPSA) is 77.2 Å². The summed E-state index contributed by atoms with van der Waals surface area (Å²) in [6.45, 7) is 4.22. The minimum atomic E-state index is -0.409. The second kappa shape index (κ2) is 8.53. The van der Waals surface area contributed by atoms with Crippen molar-refractivity contribution in [2.75, 3.05) is 11.9 Å². The lowest BCUT2D eigenvalue weighted by molar-refractivity contribution is -0.115. The van der Waals surface area contributed by atoms with Crippen molar-refractivity contribution in [3.63, 3.8) is 0 Å². The monoisotopic (exact) mass is 369 g/mol. The van der Waals surface area contributed by atoms with Gasteiger partial charge in [-0.25, -0.2) is 0 Å². The van der Waals surface area contributed by atoms with E-state index in [0.29, 0.717) is 29.2 Å². The highest BCUT2D eigenvalue weighted by molar-refractivity contribution is 8.00. The first kappa shape index (κ1) is 18.0. The van der Waals surface area contributed by atoms with Crippen LogP contribution in [-0.2, 0) is 4.79 Å². The van der Waals surface area contributed by atoms with Crippen LogP contribution in [0.4, 0.5) is 5.69 Å². The van der Waals surface area contributed by atoms with E-state index in [1.807, 2.05) is 55.5 Å². The zero-order valence-electron chi connectivity index (χ0n) is 14.5. The molecule has 1 heterocycles. The number of benzene rings is 2. The fraction of sp³-hybridized carbons (Fsp3) is 0.211. The number of rotatable bonds is 7. The van der Waals surface area contributed by atoms with Crippen LogP contribution in [0.1, 0.15) is 13.8 Å². The van der Waals surface area contributed by atoms with E-state index < -0.39 is 5.25 Å². The number of carbonyl (C=O) groups excluding carboxylic acids is 1. The number of aromatic nitrogens is 2. The van der Waals surface area contributed by atoms with Gasteiger partial charge in [0.25, 0.3) is 5.22 Å². The van der Waals surface area contributed by atoms with Crippen LogP contribution in [0.2, 0.25) is 0 Å². The molecule has 0 aliphatic rings. The summed E-state index contributed by atoms with van der Waals surface area (Å²) < 4.78 is 11.2. The fourth-order valence-electron chi connectivity index (χ4n) is 2.25. The highest BCUT2D eigenvalue weighted by Crippen LogP contribution is 2.28. The molecule has 1 aromatic heterocycles. The van der Waals surface area contributed by atoms with Crippen LogP contribution in [-0.4, -0.2) is 28.0 Å². The Bertz CT molecular complexity index is 867. The molecule has 0 fully saturated rings. The van der Waals surface area contributed by atoms with E-state index >= 15 is 0 Å². The maximum atomic E-state index is 12.5. The van der Waals surface area contributed by atoms with Crippen LogP contribution in [0.15, 0.2) is 64.2 Å². The molecule has 6 nitrogen and oxygen atoms in total. The van der Waals surface area contributed by atoms with Crippen LogP contribution in [0.3, 0.4) is 0 Å². The largest absolute Gasteiger partial charge is 0.492 e. The quantitative estimate of drug-likeness (QED) is 0.627. The molecule has 0 spiro atoms. The molecular weight excluding hydrogens is 350 g/mol. The van der Waals surface area contributed by atoms with E-state index in [4.69, 9.17) is 9.15 Å². The van der Waals surface area contributed by atoms with E-state index in [2.05, 4.69) is 15.5 Å². The van der Waals surface area contributed by atoms with Crippen molar-refractivity contribution in [1.82, 2.24) is 10.2 Å². The van der Waals surface area contributed by atoms with Gasteiger partial charge in [0.2, 0.25) is 11.8 Å². The average molecular weight is 369 g/mol. The number of para-hydroxylation sites is 2. The molecule has 7 heteroatoms. The molecule has 0 aliphatic heterocycles. The Balaban J connectivity index is 1.64. The predicted molar refractivity (Wildman–Crippen MR) is 101 cm³/mol. The predicted octanol–water partition coefficient (Wildman–Crippen LogP) is 4.25. The Morgan fingerprint density at radius 2 is 1.88 bits per heavy atom. The molecule has 2 aromatic carbocycles. The summed E-state index contributed by atoms with van der Waals surface area (Å²) >= 11 is 1.21. The number of carbonyl (C=O) groups is 1. The summed E-state index contributed by atoms with van der Waals surface area (Å²) in [7, 11) is 0. The van der Waals surface area contributed by atoms with Gasteiger partial charge in [0, 0.05) is 5.56 Å². The van der Waals surface area contributed by atoms with Crippen molar-refractivity contribution in [1.29, 1.82) is 0 Å². The van der Waals surface area contributed by atoms with Gasteiger partial charge < -0.3 is 14.5 Å². The standard InChI is InChI=1S/C19H19N3O3S/c1-3-24-16-12-8-7-11-15(16)20-17(23)13(2)26-19-22-21-18(25-19)14-9-5-4-6-10-14/h4-13H,3H2,1-2H3,(H,20,23). The van der Waals surface area contributed by atoms with Crippen LogP contribution >= 0.6 is 11.8 Å². The number of anilines is 1. The first-order valence-corrected chi connectivity index (χ1v) is 9.13. The molecule has 3 aromatic rings. The Hall–Kier alpha value is -2.80. The molecule has 0 bridgehead atoms. The summed E-state index contributed by atoms with van der Waals surface area (Å²) in [6.07, 6.45) is 0. The molecule has 134 valence electrons. The van der Waals surface area contributed by atoms with Gasteiger partial charge in [-0.05, 0) is 38.1 Å². The number of hydrogen-bond acceptors (Lipinski definition) is 6. The third-order valence-corrected chi connectivity index (χ3v) is 4.45. The van der Waals surface area contributed by atoms with Crippen LogP contribution < -0.4 is 10.1 Å². The average Bonchev–Trinajstić information content (AvgIpc) is 3.13. The van der Waals surface area contributed by atoms with Gasteiger partial charge in [-0.3, -0.25) is 4.79 Å². The highest BCUT2D eigenvalue weighted by atomic mass is 32.2. The second-order valence-electron chi connectivity index (χ2n) is 5.42. The smallest absolute Gasteiger partial charge is 0.277 e. The van der Waals surface area contributed by atoms with E-state index in [-0.39, 0.29) is 5.91 Å². The molecule has 0 saturated heterocycles. The van der Waals surface area contributed by atoms with E-state index in [9.17, 15) is 4.79 Å². The van der Waals surface area contributed by atoms with Crippen molar-refractivity contribution in [3.8, 4) is 17.2 Å².